The Morgan fingerprint density at radius 1 is 1.15 bits per heavy atom. The molecule has 1 aromatic carbocycles. The lowest BCUT2D eigenvalue weighted by Gasteiger charge is -2.23. The van der Waals surface area contributed by atoms with Gasteiger partial charge in [0.15, 0.2) is 0 Å². The average Bonchev–Trinajstić information content (AvgIpc) is 2.76. The maximum absolute atomic E-state index is 11.7. The molecule has 4 nitrogen and oxygen atoms in total. The van der Waals surface area contributed by atoms with Gasteiger partial charge < -0.3 is 15.0 Å². The van der Waals surface area contributed by atoms with Crippen LogP contribution in [0.3, 0.4) is 0 Å². The average molecular weight is 276 g/mol. The molecule has 1 heterocycles. The van der Waals surface area contributed by atoms with Crippen LogP contribution in [0.15, 0.2) is 24.3 Å². The number of carbonyl (C=O) groups is 1. The molecule has 4 heteroatoms. The van der Waals surface area contributed by atoms with Crippen molar-refractivity contribution in [3.63, 3.8) is 0 Å². The van der Waals surface area contributed by atoms with Gasteiger partial charge in [-0.3, -0.25) is 4.79 Å². The zero-order valence-electron chi connectivity index (χ0n) is 12.4. The Balaban J connectivity index is 1.97. The number of benzene rings is 1. The molecule has 0 aliphatic carbocycles. The van der Waals surface area contributed by atoms with Gasteiger partial charge in [-0.2, -0.15) is 0 Å². The highest BCUT2D eigenvalue weighted by atomic mass is 16.5. The van der Waals surface area contributed by atoms with Crippen LogP contribution < -0.4 is 10.2 Å². The molecule has 1 aromatic rings. The summed E-state index contributed by atoms with van der Waals surface area (Å²) >= 11 is 0. The van der Waals surface area contributed by atoms with Gasteiger partial charge in [0.1, 0.15) is 6.10 Å². The van der Waals surface area contributed by atoms with Crippen LogP contribution >= 0.6 is 0 Å². The van der Waals surface area contributed by atoms with Crippen LogP contribution in [0.25, 0.3) is 0 Å². The first-order valence-corrected chi connectivity index (χ1v) is 7.39. The molecule has 2 rings (SSSR count). The zero-order chi connectivity index (χ0) is 14.4. The zero-order valence-corrected chi connectivity index (χ0v) is 12.4. The number of hydrogen-bond acceptors (Lipinski definition) is 3. The molecule has 1 amide bonds. The van der Waals surface area contributed by atoms with E-state index in [2.05, 4.69) is 22.3 Å². The van der Waals surface area contributed by atoms with E-state index in [0.29, 0.717) is 0 Å². The molecular formula is C16H24N2O2. The van der Waals surface area contributed by atoms with Crippen LogP contribution in [-0.4, -0.2) is 32.2 Å². The topological polar surface area (TPSA) is 41.6 Å². The number of nitrogens with zero attached hydrogens (tertiary/aromatic N) is 1. The highest BCUT2D eigenvalue weighted by Gasteiger charge is 2.12. The van der Waals surface area contributed by atoms with Crippen LogP contribution in [0.2, 0.25) is 0 Å². The van der Waals surface area contributed by atoms with E-state index in [1.54, 1.807) is 6.92 Å². The van der Waals surface area contributed by atoms with E-state index >= 15 is 0 Å². The first-order chi connectivity index (χ1) is 9.70. The lowest BCUT2D eigenvalue weighted by molar-refractivity contribution is -0.124. The first kappa shape index (κ1) is 14.9. The molecule has 1 aliphatic heterocycles. The highest BCUT2D eigenvalue weighted by Crippen LogP contribution is 2.21. The van der Waals surface area contributed by atoms with E-state index in [1.807, 2.05) is 12.1 Å². The summed E-state index contributed by atoms with van der Waals surface area (Å²) in [4.78, 5) is 14.2. The van der Waals surface area contributed by atoms with Crippen LogP contribution in [-0.2, 0) is 9.53 Å². The summed E-state index contributed by atoms with van der Waals surface area (Å²) in [5, 5.41) is 2.85. The Bertz CT molecular complexity index is 423. The fraction of sp³-hybridized carbons (Fsp3) is 0.562. The molecule has 1 N–H and O–H groups in total. The molecule has 0 aromatic heterocycles. The number of hydrogen-bond donors (Lipinski definition) is 1. The summed E-state index contributed by atoms with van der Waals surface area (Å²) in [6, 6.07) is 8.08. The summed E-state index contributed by atoms with van der Waals surface area (Å²) in [7, 11) is 1.53. The molecule has 1 saturated heterocycles. The van der Waals surface area contributed by atoms with Gasteiger partial charge in [-0.15, -0.1) is 0 Å². The fourth-order valence-electron chi connectivity index (χ4n) is 2.44. The van der Waals surface area contributed by atoms with Gasteiger partial charge in [0, 0.05) is 31.6 Å². The number of methoxy groups -OCH3 is 1. The summed E-state index contributed by atoms with van der Waals surface area (Å²) < 4.78 is 5.00. The Labute approximate surface area is 121 Å². The number of anilines is 2. The van der Waals surface area contributed by atoms with Gasteiger partial charge in [-0.05, 0) is 44.0 Å². The third-order valence-electron chi connectivity index (χ3n) is 3.83. The molecule has 20 heavy (non-hydrogen) atoms. The molecule has 1 atom stereocenters. The predicted octanol–water partition coefficient (Wildman–Crippen LogP) is 3.04. The third-order valence-corrected chi connectivity index (χ3v) is 3.83. The largest absolute Gasteiger partial charge is 0.372 e. The van der Waals surface area contributed by atoms with Crippen molar-refractivity contribution >= 4 is 17.3 Å². The van der Waals surface area contributed by atoms with E-state index in [0.717, 1.165) is 18.8 Å². The van der Waals surface area contributed by atoms with Gasteiger partial charge in [-0.25, -0.2) is 0 Å². The summed E-state index contributed by atoms with van der Waals surface area (Å²) in [5.41, 5.74) is 2.06. The Morgan fingerprint density at radius 2 is 1.75 bits per heavy atom. The quantitative estimate of drug-likeness (QED) is 0.919. The van der Waals surface area contributed by atoms with E-state index in [-0.39, 0.29) is 5.91 Å². The standard InChI is InChI=1S/C16H24N2O2/c1-13(20-2)16(19)17-14-7-9-15(10-8-14)18-11-5-3-4-6-12-18/h7-10,13H,3-6,11-12H2,1-2H3,(H,17,19). The van der Waals surface area contributed by atoms with Crippen LogP contribution in [0.5, 0.6) is 0 Å². The maximum Gasteiger partial charge on any atom is 0.253 e. The van der Waals surface area contributed by atoms with Gasteiger partial charge in [0.25, 0.3) is 5.91 Å². The van der Waals surface area contributed by atoms with Crippen molar-refractivity contribution in [2.75, 3.05) is 30.4 Å². The van der Waals surface area contributed by atoms with Crippen LogP contribution in [0.1, 0.15) is 32.6 Å². The van der Waals surface area contributed by atoms with Gasteiger partial charge in [-0.1, -0.05) is 12.8 Å². The monoisotopic (exact) mass is 276 g/mol. The lowest BCUT2D eigenvalue weighted by Crippen LogP contribution is -2.26. The van der Waals surface area contributed by atoms with Gasteiger partial charge >= 0.3 is 0 Å². The van der Waals surface area contributed by atoms with Crippen molar-refractivity contribution in [1.29, 1.82) is 0 Å². The van der Waals surface area contributed by atoms with Crippen molar-refractivity contribution in [2.24, 2.45) is 0 Å². The van der Waals surface area contributed by atoms with Gasteiger partial charge in [0.05, 0.1) is 0 Å². The van der Waals surface area contributed by atoms with Crippen molar-refractivity contribution in [1.82, 2.24) is 0 Å². The molecule has 1 unspecified atom stereocenters. The molecule has 110 valence electrons. The Hall–Kier alpha value is -1.55. The molecule has 1 aliphatic rings. The third kappa shape index (κ3) is 3.97. The number of amides is 1. The second-order valence-corrected chi connectivity index (χ2v) is 5.32. The first-order valence-electron chi connectivity index (χ1n) is 7.39. The second kappa shape index (κ2) is 7.29. The van der Waals surface area contributed by atoms with E-state index < -0.39 is 6.10 Å². The molecule has 1 fully saturated rings. The minimum absolute atomic E-state index is 0.116. The fourth-order valence-corrected chi connectivity index (χ4v) is 2.44. The van der Waals surface area contributed by atoms with E-state index in [9.17, 15) is 4.79 Å². The van der Waals surface area contributed by atoms with Crippen molar-refractivity contribution < 1.29 is 9.53 Å². The minimum Gasteiger partial charge on any atom is -0.372 e. The predicted molar refractivity (Wildman–Crippen MR) is 82.2 cm³/mol. The second-order valence-electron chi connectivity index (χ2n) is 5.32. The van der Waals surface area contributed by atoms with Crippen LogP contribution in [0, 0.1) is 0 Å². The van der Waals surface area contributed by atoms with Crippen molar-refractivity contribution in [2.45, 2.75) is 38.7 Å². The maximum atomic E-state index is 11.7. The van der Waals surface area contributed by atoms with E-state index in [4.69, 9.17) is 4.74 Å². The summed E-state index contributed by atoms with van der Waals surface area (Å²) in [6.45, 7) is 4.00. The lowest BCUT2D eigenvalue weighted by atomic mass is 10.2. The Kier molecular flexibility index (Phi) is 5.41. The number of rotatable bonds is 4. The Morgan fingerprint density at radius 3 is 2.30 bits per heavy atom. The number of carbonyl (C=O) groups excluding carboxylic acids is 1. The van der Waals surface area contributed by atoms with Crippen molar-refractivity contribution in [3.05, 3.63) is 24.3 Å². The smallest absolute Gasteiger partial charge is 0.253 e. The highest BCUT2D eigenvalue weighted by molar-refractivity contribution is 5.94. The molecule has 0 saturated carbocycles. The number of ether oxygens (including phenoxy) is 1. The summed E-state index contributed by atoms with van der Waals surface area (Å²) in [5.74, 6) is -0.116. The molecule has 0 bridgehead atoms. The SMILES string of the molecule is COC(C)C(=O)Nc1ccc(N2CCCCCC2)cc1. The summed E-state index contributed by atoms with van der Waals surface area (Å²) in [6.07, 6.45) is 4.77. The van der Waals surface area contributed by atoms with Crippen LogP contribution in [0.4, 0.5) is 11.4 Å². The normalized spacial score (nSPS) is 17.4. The molecule has 0 spiro atoms. The van der Waals surface area contributed by atoms with Gasteiger partial charge in [0.2, 0.25) is 0 Å². The molecular weight excluding hydrogens is 252 g/mol. The van der Waals surface area contributed by atoms with E-state index in [1.165, 1.54) is 38.5 Å². The minimum atomic E-state index is -0.430. The molecule has 0 radical (unpaired) electrons. The number of nitrogens with one attached hydrogen (secondary N) is 1. The van der Waals surface area contributed by atoms with Crippen molar-refractivity contribution in [3.8, 4) is 0 Å².